The van der Waals surface area contributed by atoms with E-state index in [1.54, 1.807) is 0 Å². The summed E-state index contributed by atoms with van der Waals surface area (Å²) in [6.45, 7) is -0.270. The lowest BCUT2D eigenvalue weighted by atomic mass is 9.33. The summed E-state index contributed by atoms with van der Waals surface area (Å²) in [5.74, 6) is 0. The Bertz CT molecular complexity index is 6950. The van der Waals surface area contributed by atoms with Crippen molar-refractivity contribution in [2.24, 2.45) is 0 Å². The first-order chi connectivity index (χ1) is 54.1. The summed E-state index contributed by atoms with van der Waals surface area (Å²) in [6, 6.07) is 146. The Labute approximate surface area is 631 Å². The maximum atomic E-state index is 2.74. The minimum absolute atomic E-state index is 0.270. The molecule has 8 aliphatic rings. The van der Waals surface area contributed by atoms with Crippen LogP contribution in [-0.4, -0.2) is 11.3 Å². The van der Waals surface area contributed by atoms with Crippen molar-refractivity contribution in [3.8, 4) is 83.6 Å². The topological polar surface area (TPSA) is 11.4 Å². The number of para-hydroxylation sites is 2. The number of rotatable bonds is 4. The highest BCUT2D eigenvalue weighted by Gasteiger charge is 2.57. The van der Waals surface area contributed by atoms with Gasteiger partial charge in [-0.1, -0.05) is 315 Å². The standard InChI is InChI=1S/C105H62BN3/c1-2-26-63(27-3-1)64-50-55-98-94(56-64)106-95-62-93-81(76-36-12-23-47-90(76)105(93)86-43-19-8-32-72(86)73-33-9-20-44-87(73)105)61-99(95)108(66-52-54-78-75-35-11-22-46-89(75)104(92(78)58-66)84-41-17-6-30-70(84)71-31-7-18-42-85(71)104)101-60-67(109-96-48-24-13-37-79(96)80-38-14-25-49-97(80)109)59-100(102(101)106)107(98)65-51-53-77-74-34-10-21-45-88(74)103(91(77)57-65)82-39-15-4-28-68(82)69-29-5-16-40-83(69)103/h1-62H. The van der Waals surface area contributed by atoms with Crippen LogP contribution in [0.15, 0.2) is 376 Å². The van der Waals surface area contributed by atoms with E-state index in [4.69, 9.17) is 0 Å². The molecule has 2 aliphatic heterocycles. The van der Waals surface area contributed by atoms with Gasteiger partial charge in [0.05, 0.1) is 33.0 Å². The smallest absolute Gasteiger partial charge is 0.252 e. The first-order valence-corrected chi connectivity index (χ1v) is 38.4. The van der Waals surface area contributed by atoms with Crippen molar-refractivity contribution in [1.82, 2.24) is 4.57 Å². The molecule has 17 aromatic carbocycles. The highest BCUT2D eigenvalue weighted by atomic mass is 15.2. The van der Waals surface area contributed by atoms with E-state index in [9.17, 15) is 0 Å². The Morgan fingerprint density at radius 3 is 0.917 bits per heavy atom. The van der Waals surface area contributed by atoms with E-state index in [2.05, 4.69) is 390 Å². The number of fused-ring (bicyclic) bond motifs is 37. The first kappa shape index (κ1) is 58.5. The minimum atomic E-state index is -0.609. The summed E-state index contributed by atoms with van der Waals surface area (Å²) >= 11 is 0. The summed E-state index contributed by atoms with van der Waals surface area (Å²) in [7, 11) is 0. The van der Waals surface area contributed by atoms with Crippen molar-refractivity contribution in [1.29, 1.82) is 0 Å². The molecule has 0 fully saturated rings. The zero-order valence-corrected chi connectivity index (χ0v) is 59.2. The molecule has 26 rings (SSSR count). The maximum absolute atomic E-state index is 2.74. The predicted molar refractivity (Wildman–Crippen MR) is 449 cm³/mol. The second-order valence-corrected chi connectivity index (χ2v) is 31.1. The number of aromatic nitrogens is 1. The third kappa shape index (κ3) is 7.00. The van der Waals surface area contributed by atoms with Gasteiger partial charge in [0.15, 0.2) is 0 Å². The molecule has 1 aromatic heterocycles. The normalized spacial score (nSPS) is 15.0. The average Bonchev–Trinajstić information content (AvgIpc) is 1.56. The molecule has 0 amide bonds. The molecule has 0 saturated carbocycles. The van der Waals surface area contributed by atoms with Gasteiger partial charge in [-0.25, -0.2) is 0 Å². The van der Waals surface area contributed by atoms with Gasteiger partial charge in [0.1, 0.15) is 0 Å². The highest BCUT2D eigenvalue weighted by molar-refractivity contribution is 7.00. The fraction of sp³-hybridized carbons (Fsp3) is 0.0286. The summed E-state index contributed by atoms with van der Waals surface area (Å²) in [6.07, 6.45) is 0. The molecule has 0 radical (unpaired) electrons. The zero-order valence-electron chi connectivity index (χ0n) is 59.2. The van der Waals surface area contributed by atoms with Gasteiger partial charge in [-0.2, -0.15) is 0 Å². The van der Waals surface area contributed by atoms with E-state index in [-0.39, 0.29) is 6.71 Å². The number of nitrogens with zero attached hydrogens (tertiary/aromatic N) is 3. The molecular formula is C105H62BN3. The van der Waals surface area contributed by atoms with Gasteiger partial charge in [-0.3, -0.25) is 0 Å². The third-order valence-electron chi connectivity index (χ3n) is 26.6. The lowest BCUT2D eigenvalue weighted by Crippen LogP contribution is -2.61. The molecule has 18 aromatic rings. The van der Waals surface area contributed by atoms with Gasteiger partial charge >= 0.3 is 0 Å². The molecule has 3 nitrogen and oxygen atoms in total. The second-order valence-electron chi connectivity index (χ2n) is 31.1. The van der Waals surface area contributed by atoms with Crippen LogP contribution in [0.5, 0.6) is 0 Å². The van der Waals surface area contributed by atoms with Crippen molar-refractivity contribution in [2.45, 2.75) is 16.2 Å². The zero-order chi connectivity index (χ0) is 70.7. The quantitative estimate of drug-likeness (QED) is 0.163. The van der Waals surface area contributed by atoms with Crippen LogP contribution in [-0.2, 0) is 16.2 Å². The molecule has 4 heteroatoms. The summed E-state index contributed by atoms with van der Waals surface area (Å²) in [5, 5.41) is 2.44. The van der Waals surface area contributed by atoms with E-state index in [1.807, 2.05) is 0 Å². The van der Waals surface area contributed by atoms with Crippen LogP contribution in [0.3, 0.4) is 0 Å². The molecule has 0 atom stereocenters. The summed E-state index contributed by atoms with van der Waals surface area (Å²) in [4.78, 5) is 5.43. The van der Waals surface area contributed by atoms with E-state index in [0.29, 0.717) is 0 Å². The summed E-state index contributed by atoms with van der Waals surface area (Å²) in [5.41, 5.74) is 45.9. The minimum Gasteiger partial charge on any atom is -0.311 e. The number of hydrogen-bond acceptors (Lipinski definition) is 2. The number of hydrogen-bond donors (Lipinski definition) is 0. The second kappa shape index (κ2) is 20.8. The molecule has 0 N–H and O–H groups in total. The van der Waals surface area contributed by atoms with Crippen LogP contribution in [0.25, 0.3) is 105 Å². The average molecular weight is 1380 g/mol. The molecule has 3 heterocycles. The molecule has 109 heavy (non-hydrogen) atoms. The third-order valence-corrected chi connectivity index (χ3v) is 26.6. The van der Waals surface area contributed by atoms with Crippen molar-refractivity contribution in [3.05, 3.63) is 443 Å². The molecular weight excluding hydrogens is 1310 g/mol. The molecule has 0 bridgehead atoms. The van der Waals surface area contributed by atoms with Gasteiger partial charge < -0.3 is 14.4 Å². The van der Waals surface area contributed by atoms with Crippen LogP contribution >= 0.6 is 0 Å². The Balaban J connectivity index is 0.824. The largest absolute Gasteiger partial charge is 0.311 e. The first-order valence-electron chi connectivity index (χ1n) is 38.4. The summed E-state index contributed by atoms with van der Waals surface area (Å²) < 4.78 is 2.56. The van der Waals surface area contributed by atoms with Crippen molar-refractivity contribution in [2.75, 3.05) is 9.80 Å². The van der Waals surface area contributed by atoms with Gasteiger partial charge in [0.25, 0.3) is 6.71 Å². The molecule has 500 valence electrons. The van der Waals surface area contributed by atoms with E-state index in [1.165, 1.54) is 177 Å². The van der Waals surface area contributed by atoms with Crippen LogP contribution in [0, 0.1) is 0 Å². The van der Waals surface area contributed by atoms with Crippen LogP contribution in [0.1, 0.15) is 66.8 Å². The molecule has 0 saturated heterocycles. The Hall–Kier alpha value is -13.8. The van der Waals surface area contributed by atoms with Crippen LogP contribution in [0.2, 0.25) is 0 Å². The van der Waals surface area contributed by atoms with Gasteiger partial charge in [0.2, 0.25) is 0 Å². The van der Waals surface area contributed by atoms with Gasteiger partial charge in [-0.15, -0.1) is 0 Å². The Kier molecular flexibility index (Phi) is 11.2. The predicted octanol–water partition coefficient (Wildman–Crippen LogP) is 23.6. The van der Waals surface area contributed by atoms with Crippen molar-refractivity contribution in [3.63, 3.8) is 0 Å². The van der Waals surface area contributed by atoms with Gasteiger partial charge in [0, 0.05) is 44.9 Å². The lowest BCUT2D eigenvalue weighted by molar-refractivity contribution is 0.793. The highest BCUT2D eigenvalue weighted by Crippen LogP contribution is 2.68. The fourth-order valence-corrected chi connectivity index (χ4v) is 22.7. The fourth-order valence-electron chi connectivity index (χ4n) is 22.7. The van der Waals surface area contributed by atoms with Gasteiger partial charge in [-0.05, 0) is 222 Å². The Morgan fingerprint density at radius 1 is 0.193 bits per heavy atom. The molecule has 6 aliphatic carbocycles. The Morgan fingerprint density at radius 2 is 0.514 bits per heavy atom. The number of benzene rings is 17. The van der Waals surface area contributed by atoms with E-state index in [0.717, 1.165) is 45.2 Å². The molecule has 0 unspecified atom stereocenters. The molecule has 3 spiro atoms. The van der Waals surface area contributed by atoms with E-state index < -0.39 is 16.2 Å². The van der Waals surface area contributed by atoms with E-state index >= 15 is 0 Å². The monoisotopic (exact) mass is 1380 g/mol. The lowest BCUT2D eigenvalue weighted by Gasteiger charge is -2.45. The SMILES string of the molecule is c1ccc(-c2ccc3c(c2)B2c4cc5c(cc4N(c4ccc6c(c4)C4(c7ccccc7-c7ccccc74)c4ccccc4-6)c4cc(-n6c7ccccc7c7ccccc76)cc(c42)N3c2ccc3c(c2)C2(c4ccccc4-c4ccccc42)c2ccccc2-3)-c2ccccc2C52c3ccccc3-c3ccccc32)cc1. The van der Waals surface area contributed by atoms with Crippen molar-refractivity contribution < 1.29 is 0 Å². The number of anilines is 6. The van der Waals surface area contributed by atoms with Crippen LogP contribution < -0.4 is 26.2 Å². The van der Waals surface area contributed by atoms with Crippen molar-refractivity contribution >= 4 is 79.0 Å². The van der Waals surface area contributed by atoms with Crippen LogP contribution in [0.4, 0.5) is 34.1 Å². The maximum Gasteiger partial charge on any atom is 0.252 e.